The first kappa shape index (κ1) is 22.7. The Balaban J connectivity index is 1.45. The summed E-state index contributed by atoms with van der Waals surface area (Å²) in [6.45, 7) is -0.500. The Morgan fingerprint density at radius 2 is 1.82 bits per heavy atom. The lowest BCUT2D eigenvalue weighted by Crippen LogP contribution is -2.22. The van der Waals surface area contributed by atoms with E-state index < -0.39 is 29.8 Å². The van der Waals surface area contributed by atoms with Gasteiger partial charge in [0.05, 0.1) is 11.1 Å². The number of amides is 1. The number of hydrogen-bond acceptors (Lipinski definition) is 3. The van der Waals surface area contributed by atoms with Crippen molar-refractivity contribution in [2.75, 3.05) is 11.9 Å². The largest absolute Gasteiger partial charge is 0.467 e. The Morgan fingerprint density at radius 3 is 2.48 bits per heavy atom. The second-order valence-electron chi connectivity index (χ2n) is 7.28. The fraction of sp³-hybridized carbons (Fsp3) is 0.167. The van der Waals surface area contributed by atoms with Crippen LogP contribution in [0.2, 0.25) is 0 Å². The molecule has 0 bridgehead atoms. The molecule has 2 aromatic carbocycles. The molecule has 170 valence electrons. The highest BCUT2D eigenvalue weighted by Gasteiger charge is 2.36. The van der Waals surface area contributed by atoms with Crippen molar-refractivity contribution >= 4 is 28.9 Å². The summed E-state index contributed by atoms with van der Waals surface area (Å²) in [5.41, 5.74) is 1.76. The van der Waals surface area contributed by atoms with Crippen LogP contribution in [-0.2, 0) is 11.0 Å². The van der Waals surface area contributed by atoms with E-state index in [9.17, 15) is 18.0 Å². The van der Waals surface area contributed by atoms with Gasteiger partial charge in [-0.05, 0) is 35.8 Å². The zero-order valence-corrected chi connectivity index (χ0v) is 18.0. The molecule has 1 unspecified atom stereocenters. The summed E-state index contributed by atoms with van der Waals surface area (Å²) in [6.07, 6.45) is 0.813. The number of alkyl halides is 4. The summed E-state index contributed by atoms with van der Waals surface area (Å²) in [5, 5.41) is 5.70. The Bertz CT molecular complexity index is 1190. The molecule has 3 aromatic rings. The summed E-state index contributed by atoms with van der Waals surface area (Å²) in [7, 11) is 0. The number of nitrogens with one attached hydrogen (secondary N) is 1. The van der Waals surface area contributed by atoms with Crippen molar-refractivity contribution in [3.05, 3.63) is 84.6 Å². The first-order chi connectivity index (χ1) is 15.8. The third-order valence-electron chi connectivity index (χ3n) is 4.91. The number of anilines is 1. The molecule has 4 rings (SSSR count). The molecule has 1 heterocycles. The average Bonchev–Trinajstić information content (AvgIpc) is 3.24. The second-order valence-corrected chi connectivity index (χ2v) is 7.81. The smallest absolute Gasteiger partial charge is 0.435 e. The van der Waals surface area contributed by atoms with Gasteiger partial charge in [-0.2, -0.15) is 18.3 Å². The highest BCUT2D eigenvalue weighted by Crippen LogP contribution is 2.34. The number of allylic oxidation sites excluding steroid dienone is 4. The molecule has 1 aliphatic rings. The number of halogens is 4. The van der Waals surface area contributed by atoms with Crippen LogP contribution >= 0.6 is 11.6 Å². The van der Waals surface area contributed by atoms with Gasteiger partial charge in [-0.25, -0.2) is 4.68 Å². The Kier molecular flexibility index (Phi) is 6.55. The first-order valence-electron chi connectivity index (χ1n) is 10.1. The van der Waals surface area contributed by atoms with Crippen molar-refractivity contribution in [1.29, 1.82) is 0 Å². The van der Waals surface area contributed by atoms with Gasteiger partial charge in [-0.3, -0.25) is 4.79 Å². The number of carbonyl (C=O) groups is 1. The maximum Gasteiger partial charge on any atom is 0.435 e. The van der Waals surface area contributed by atoms with E-state index in [0.717, 1.165) is 21.9 Å². The molecule has 1 atom stereocenters. The van der Waals surface area contributed by atoms with Crippen LogP contribution < -0.4 is 10.1 Å². The van der Waals surface area contributed by atoms with Gasteiger partial charge in [-0.15, -0.1) is 11.6 Å². The van der Waals surface area contributed by atoms with Crippen molar-refractivity contribution in [3.8, 4) is 17.0 Å². The number of aromatic nitrogens is 2. The minimum atomic E-state index is -4.67. The molecule has 1 aromatic heterocycles. The van der Waals surface area contributed by atoms with Gasteiger partial charge < -0.3 is 10.1 Å². The third kappa shape index (κ3) is 5.46. The van der Waals surface area contributed by atoms with Gasteiger partial charge in [0.1, 0.15) is 0 Å². The molecule has 0 spiro atoms. The van der Waals surface area contributed by atoms with Crippen LogP contribution in [0.1, 0.15) is 12.1 Å². The number of rotatable bonds is 6. The molecule has 0 radical (unpaired) electrons. The zero-order valence-electron chi connectivity index (χ0n) is 17.2. The molecule has 5 nitrogen and oxygen atoms in total. The summed E-state index contributed by atoms with van der Waals surface area (Å²) >= 11 is 6.24. The fourth-order valence-corrected chi connectivity index (χ4v) is 3.56. The van der Waals surface area contributed by atoms with E-state index in [1.807, 2.05) is 42.5 Å². The Hall–Kier alpha value is -3.52. The van der Waals surface area contributed by atoms with E-state index in [1.165, 1.54) is 0 Å². The highest BCUT2D eigenvalue weighted by molar-refractivity contribution is 6.25. The summed E-state index contributed by atoms with van der Waals surface area (Å²) in [6, 6.07) is 17.7. The van der Waals surface area contributed by atoms with Gasteiger partial charge in [0.2, 0.25) is 5.88 Å². The highest BCUT2D eigenvalue weighted by atomic mass is 35.5. The van der Waals surface area contributed by atoms with Crippen LogP contribution in [0.15, 0.2) is 78.9 Å². The van der Waals surface area contributed by atoms with E-state index in [4.69, 9.17) is 16.3 Å². The van der Waals surface area contributed by atoms with Gasteiger partial charge in [0, 0.05) is 11.8 Å². The second kappa shape index (κ2) is 9.54. The molecule has 0 saturated heterocycles. The third-order valence-corrected chi connectivity index (χ3v) is 5.31. The van der Waals surface area contributed by atoms with Crippen LogP contribution in [0.5, 0.6) is 5.88 Å². The number of nitrogens with zero attached hydrogens (tertiary/aromatic N) is 2. The topological polar surface area (TPSA) is 56.1 Å². The quantitative estimate of drug-likeness (QED) is 0.447. The zero-order chi connectivity index (χ0) is 23.4. The number of hydrogen-bond donors (Lipinski definition) is 1. The van der Waals surface area contributed by atoms with Crippen molar-refractivity contribution in [2.45, 2.75) is 18.0 Å². The van der Waals surface area contributed by atoms with E-state index in [1.54, 1.807) is 30.4 Å². The lowest BCUT2D eigenvalue weighted by Gasteiger charge is -2.17. The van der Waals surface area contributed by atoms with Gasteiger partial charge in [0.15, 0.2) is 12.3 Å². The fourth-order valence-electron chi connectivity index (χ4n) is 3.30. The molecule has 0 fully saturated rings. The maximum absolute atomic E-state index is 13.2. The molecule has 1 N–H and O–H groups in total. The van der Waals surface area contributed by atoms with Gasteiger partial charge in [0.25, 0.3) is 5.91 Å². The Labute approximate surface area is 193 Å². The minimum Gasteiger partial charge on any atom is -0.467 e. The van der Waals surface area contributed by atoms with Gasteiger partial charge in [-0.1, -0.05) is 54.6 Å². The molecule has 0 aliphatic heterocycles. The van der Waals surface area contributed by atoms with Crippen LogP contribution in [0.4, 0.5) is 18.9 Å². The summed E-state index contributed by atoms with van der Waals surface area (Å²) in [4.78, 5) is 12.4. The lowest BCUT2D eigenvalue weighted by atomic mass is 10.1. The average molecular weight is 474 g/mol. The number of benzene rings is 2. The lowest BCUT2D eigenvalue weighted by molar-refractivity contribution is -0.141. The van der Waals surface area contributed by atoms with E-state index >= 15 is 0 Å². The molecule has 9 heteroatoms. The molecular weight excluding hydrogens is 455 g/mol. The monoisotopic (exact) mass is 473 g/mol. The van der Waals surface area contributed by atoms with Crippen LogP contribution in [0.3, 0.4) is 0 Å². The maximum atomic E-state index is 13.2. The van der Waals surface area contributed by atoms with Crippen LogP contribution in [0.25, 0.3) is 16.8 Å². The normalized spacial score (nSPS) is 15.8. The van der Waals surface area contributed by atoms with E-state index in [-0.39, 0.29) is 5.88 Å². The number of ether oxygens (including phenoxy) is 1. The van der Waals surface area contributed by atoms with Crippen molar-refractivity contribution < 1.29 is 22.7 Å². The summed E-state index contributed by atoms with van der Waals surface area (Å²) < 4.78 is 46.0. The van der Waals surface area contributed by atoms with Crippen molar-refractivity contribution in [1.82, 2.24) is 9.78 Å². The molecule has 1 aliphatic carbocycles. The van der Waals surface area contributed by atoms with Gasteiger partial charge >= 0.3 is 6.18 Å². The van der Waals surface area contributed by atoms with E-state index in [0.29, 0.717) is 17.8 Å². The minimum absolute atomic E-state index is 0.218. The summed E-state index contributed by atoms with van der Waals surface area (Å²) in [5.74, 6) is -0.743. The van der Waals surface area contributed by atoms with Crippen LogP contribution in [-0.4, -0.2) is 27.7 Å². The number of carbonyl (C=O) groups excluding carboxylic acids is 1. The van der Waals surface area contributed by atoms with Crippen molar-refractivity contribution in [2.24, 2.45) is 0 Å². The predicted octanol–water partition coefficient (Wildman–Crippen LogP) is 5.99. The van der Waals surface area contributed by atoms with Crippen molar-refractivity contribution in [3.63, 3.8) is 0 Å². The molecule has 33 heavy (non-hydrogen) atoms. The first-order valence-corrected chi connectivity index (χ1v) is 10.5. The molecule has 1 amide bonds. The molecule has 0 saturated carbocycles. The molecular formula is C24H19ClF3N3O2. The standard InChI is InChI=1S/C24H19ClF3N3O2/c25-19-8-4-5-9-20(19)31-23(14-21(30-31)24(26,27)28)33-15-22(32)29-18-12-10-17(11-13-18)16-6-2-1-3-7-16/h1-7,9-14,19H,8,15H2,(H,29,32). The van der Waals surface area contributed by atoms with E-state index in [2.05, 4.69) is 10.4 Å². The SMILES string of the molecule is O=C(COc1cc(C(F)(F)F)nn1C1=CC=CCC1Cl)Nc1ccc(-c2ccccc2)cc1. The van der Waals surface area contributed by atoms with Crippen LogP contribution in [0, 0.1) is 0 Å². The predicted molar refractivity (Wildman–Crippen MR) is 121 cm³/mol. The Morgan fingerprint density at radius 1 is 1.12 bits per heavy atom.